The summed E-state index contributed by atoms with van der Waals surface area (Å²) in [4.78, 5) is 11.5. The minimum Gasteiger partial charge on any atom is -0.367 e. The first kappa shape index (κ1) is 7.29. The third-order valence-electron chi connectivity index (χ3n) is 3.68. The van der Waals surface area contributed by atoms with E-state index < -0.39 is 5.60 Å². The van der Waals surface area contributed by atoms with Crippen LogP contribution in [0.5, 0.6) is 0 Å². The van der Waals surface area contributed by atoms with Crippen molar-refractivity contribution in [3.05, 3.63) is 0 Å². The zero-order valence-corrected chi connectivity index (χ0v) is 7.31. The van der Waals surface area contributed by atoms with Gasteiger partial charge in [-0.1, -0.05) is 13.8 Å². The normalized spacial score (nSPS) is 46.8. The molecule has 0 spiro atoms. The smallest absolute Gasteiger partial charge is 0.168 e. The average molecular weight is 154 g/mol. The number of carbonyl (C=O) groups is 1. The van der Waals surface area contributed by atoms with Crippen LogP contribution in [-0.2, 0) is 9.53 Å². The van der Waals surface area contributed by atoms with Crippen molar-refractivity contribution in [2.75, 3.05) is 6.61 Å². The van der Waals surface area contributed by atoms with Crippen LogP contribution >= 0.6 is 0 Å². The first-order valence-electron chi connectivity index (χ1n) is 4.18. The van der Waals surface area contributed by atoms with Crippen molar-refractivity contribution >= 4 is 5.78 Å². The highest BCUT2D eigenvalue weighted by Crippen LogP contribution is 2.57. The molecule has 0 unspecified atom stereocenters. The summed E-state index contributed by atoms with van der Waals surface area (Å²) in [5, 5.41) is 0. The summed E-state index contributed by atoms with van der Waals surface area (Å²) >= 11 is 0. The lowest BCUT2D eigenvalue weighted by molar-refractivity contribution is -0.234. The average Bonchev–Trinajstić information content (AvgIpc) is 1.94. The van der Waals surface area contributed by atoms with Crippen molar-refractivity contribution in [3.8, 4) is 0 Å². The topological polar surface area (TPSA) is 26.3 Å². The predicted octanol–water partition coefficient (Wildman–Crippen LogP) is 1.39. The van der Waals surface area contributed by atoms with E-state index in [1.54, 1.807) is 0 Å². The molecule has 3 rings (SSSR count). The van der Waals surface area contributed by atoms with Gasteiger partial charge in [-0.05, 0) is 13.3 Å². The zero-order valence-electron chi connectivity index (χ0n) is 7.31. The second-order valence-electron chi connectivity index (χ2n) is 4.31. The monoisotopic (exact) mass is 154 g/mol. The molecule has 0 aromatic carbocycles. The van der Waals surface area contributed by atoms with Crippen LogP contribution in [0.25, 0.3) is 0 Å². The van der Waals surface area contributed by atoms with Crippen molar-refractivity contribution < 1.29 is 9.53 Å². The molecule has 0 amide bonds. The highest BCUT2D eigenvalue weighted by Gasteiger charge is 2.67. The van der Waals surface area contributed by atoms with Gasteiger partial charge in [0.1, 0.15) is 5.60 Å². The SMILES string of the molecule is CC1(C)[C@@H]2CCO[C@@]1(C)C2=O. The van der Waals surface area contributed by atoms with E-state index in [2.05, 4.69) is 13.8 Å². The molecular weight excluding hydrogens is 140 g/mol. The molecule has 3 fully saturated rings. The van der Waals surface area contributed by atoms with Gasteiger partial charge in [0.05, 0.1) is 0 Å². The second-order valence-corrected chi connectivity index (χ2v) is 4.31. The van der Waals surface area contributed by atoms with Gasteiger partial charge >= 0.3 is 0 Å². The number of ketones is 1. The van der Waals surface area contributed by atoms with E-state index in [1.807, 2.05) is 6.92 Å². The summed E-state index contributed by atoms with van der Waals surface area (Å²) < 4.78 is 5.51. The second kappa shape index (κ2) is 1.69. The Morgan fingerprint density at radius 2 is 2.09 bits per heavy atom. The first-order valence-corrected chi connectivity index (χ1v) is 4.18. The molecule has 0 N–H and O–H groups in total. The predicted molar refractivity (Wildman–Crippen MR) is 41.3 cm³/mol. The number of rotatable bonds is 0. The number of carbonyl (C=O) groups excluding carboxylic acids is 1. The molecule has 1 aliphatic carbocycles. The van der Waals surface area contributed by atoms with Crippen molar-refractivity contribution in [2.24, 2.45) is 11.3 Å². The molecule has 2 saturated heterocycles. The molecule has 2 nitrogen and oxygen atoms in total. The lowest BCUT2D eigenvalue weighted by Crippen LogP contribution is -2.71. The minimum atomic E-state index is -0.462. The van der Waals surface area contributed by atoms with Crippen LogP contribution < -0.4 is 0 Å². The molecule has 62 valence electrons. The van der Waals surface area contributed by atoms with Gasteiger partial charge in [-0.15, -0.1) is 0 Å². The third kappa shape index (κ3) is 0.560. The van der Waals surface area contributed by atoms with E-state index in [-0.39, 0.29) is 11.3 Å². The molecular formula is C9H14O2. The first-order chi connectivity index (χ1) is 5.00. The van der Waals surface area contributed by atoms with Crippen LogP contribution in [-0.4, -0.2) is 18.0 Å². The van der Waals surface area contributed by atoms with Crippen molar-refractivity contribution in [1.29, 1.82) is 0 Å². The fraction of sp³-hybridized carbons (Fsp3) is 0.889. The summed E-state index contributed by atoms with van der Waals surface area (Å²) in [5.41, 5.74) is -0.391. The largest absolute Gasteiger partial charge is 0.367 e. The highest BCUT2D eigenvalue weighted by atomic mass is 16.5. The van der Waals surface area contributed by atoms with E-state index in [1.165, 1.54) is 0 Å². The van der Waals surface area contributed by atoms with E-state index >= 15 is 0 Å². The lowest BCUT2D eigenvalue weighted by Gasteiger charge is -2.61. The summed E-state index contributed by atoms with van der Waals surface area (Å²) in [6.45, 7) is 6.93. The van der Waals surface area contributed by atoms with Gasteiger partial charge in [0, 0.05) is 17.9 Å². The van der Waals surface area contributed by atoms with Crippen LogP contribution in [0.2, 0.25) is 0 Å². The molecule has 2 heteroatoms. The molecule has 2 bridgehead atoms. The van der Waals surface area contributed by atoms with Gasteiger partial charge in [-0.3, -0.25) is 4.79 Å². The standard InChI is InChI=1S/C9H14O2/c1-8(2)6-4-5-11-9(8,3)7(6)10/h6H,4-5H2,1-3H3/t6-,9+/m1/s1. The fourth-order valence-electron chi connectivity index (χ4n) is 2.36. The van der Waals surface area contributed by atoms with E-state index in [0.29, 0.717) is 5.78 Å². The Labute approximate surface area is 66.9 Å². The maximum Gasteiger partial charge on any atom is 0.168 e. The maximum absolute atomic E-state index is 11.5. The minimum absolute atomic E-state index is 0.0718. The molecule has 2 heterocycles. The van der Waals surface area contributed by atoms with Crippen LogP contribution in [0.15, 0.2) is 0 Å². The molecule has 0 aromatic rings. The Kier molecular flexibility index (Phi) is 1.12. The molecule has 1 saturated carbocycles. The van der Waals surface area contributed by atoms with Gasteiger partial charge in [0.25, 0.3) is 0 Å². The number of hydrogen-bond acceptors (Lipinski definition) is 2. The van der Waals surface area contributed by atoms with Gasteiger partial charge in [-0.25, -0.2) is 0 Å². The summed E-state index contributed by atoms with van der Waals surface area (Å²) in [6, 6.07) is 0. The Bertz CT molecular complexity index is 220. The van der Waals surface area contributed by atoms with Crippen LogP contribution in [0.1, 0.15) is 27.2 Å². The summed E-state index contributed by atoms with van der Waals surface area (Å²) in [6.07, 6.45) is 0.918. The van der Waals surface area contributed by atoms with Gasteiger partial charge in [0.2, 0.25) is 0 Å². The van der Waals surface area contributed by atoms with E-state index in [0.717, 1.165) is 13.0 Å². The molecule has 11 heavy (non-hydrogen) atoms. The molecule has 3 aliphatic rings. The van der Waals surface area contributed by atoms with Gasteiger partial charge < -0.3 is 4.74 Å². The van der Waals surface area contributed by atoms with Crippen molar-refractivity contribution in [2.45, 2.75) is 32.8 Å². The Hall–Kier alpha value is -0.370. The molecule has 0 radical (unpaired) electrons. The summed E-state index contributed by atoms with van der Waals surface area (Å²) in [5.74, 6) is 0.579. The van der Waals surface area contributed by atoms with E-state index in [4.69, 9.17) is 4.74 Å². The fourth-order valence-corrected chi connectivity index (χ4v) is 2.36. The van der Waals surface area contributed by atoms with Gasteiger partial charge in [-0.2, -0.15) is 0 Å². The summed E-state index contributed by atoms with van der Waals surface area (Å²) in [7, 11) is 0. The van der Waals surface area contributed by atoms with Crippen molar-refractivity contribution in [3.63, 3.8) is 0 Å². The zero-order chi connectivity index (χ0) is 8.28. The number of fused-ring (bicyclic) bond motifs is 2. The molecule has 2 aliphatic heterocycles. The highest BCUT2D eigenvalue weighted by molar-refractivity contribution is 5.98. The maximum atomic E-state index is 11.5. The number of Topliss-reactive ketones (excluding diaryl/α,β-unsaturated/α-hetero) is 1. The Balaban J connectivity index is 2.37. The van der Waals surface area contributed by atoms with Crippen LogP contribution in [0.4, 0.5) is 0 Å². The number of hydrogen-bond donors (Lipinski definition) is 0. The quantitative estimate of drug-likeness (QED) is 0.527. The lowest BCUT2D eigenvalue weighted by atomic mass is 9.49. The Morgan fingerprint density at radius 1 is 1.45 bits per heavy atom. The van der Waals surface area contributed by atoms with Gasteiger partial charge in [0.15, 0.2) is 5.78 Å². The third-order valence-corrected chi connectivity index (χ3v) is 3.68. The Morgan fingerprint density at radius 3 is 2.36 bits per heavy atom. The molecule has 2 atom stereocenters. The number of ether oxygens (including phenoxy) is 1. The van der Waals surface area contributed by atoms with Crippen LogP contribution in [0, 0.1) is 11.3 Å². The van der Waals surface area contributed by atoms with Crippen LogP contribution in [0.3, 0.4) is 0 Å². The van der Waals surface area contributed by atoms with E-state index in [9.17, 15) is 4.79 Å². The molecule has 0 aromatic heterocycles. The van der Waals surface area contributed by atoms with Crippen molar-refractivity contribution in [1.82, 2.24) is 0 Å².